The molecule has 1 aromatic carbocycles. The molecule has 0 bridgehead atoms. The van der Waals surface area contributed by atoms with Crippen LogP contribution in [0.4, 0.5) is 4.39 Å². The molecule has 1 N–H and O–H groups in total. The Morgan fingerprint density at radius 2 is 2.00 bits per heavy atom. The molecule has 3 heteroatoms. The van der Waals surface area contributed by atoms with Gasteiger partial charge in [0.25, 0.3) is 0 Å². The van der Waals surface area contributed by atoms with E-state index in [1.807, 2.05) is 12.1 Å². The molecule has 1 rings (SSSR count). The van der Waals surface area contributed by atoms with Crippen molar-refractivity contribution in [3.8, 4) is 0 Å². The van der Waals surface area contributed by atoms with E-state index in [4.69, 9.17) is 0 Å². The molecular weight excluding hydrogens is 305 g/mol. The van der Waals surface area contributed by atoms with E-state index >= 15 is 0 Å². The first-order valence-electron chi connectivity index (χ1n) is 7.15. The van der Waals surface area contributed by atoms with Crippen molar-refractivity contribution in [3.63, 3.8) is 0 Å². The molecule has 0 radical (unpaired) electrons. The van der Waals surface area contributed by atoms with Crippen LogP contribution in [0.1, 0.15) is 45.6 Å². The molecule has 1 nitrogen and oxygen atoms in total. The lowest BCUT2D eigenvalue weighted by molar-refractivity contribution is 0.275. The fourth-order valence-electron chi connectivity index (χ4n) is 2.55. The summed E-state index contributed by atoms with van der Waals surface area (Å²) in [6.07, 6.45) is 4.49. The smallest absolute Gasteiger partial charge is 0.137 e. The van der Waals surface area contributed by atoms with Gasteiger partial charge in [0.2, 0.25) is 0 Å². The van der Waals surface area contributed by atoms with Crippen LogP contribution in [-0.2, 0) is 6.42 Å². The molecule has 19 heavy (non-hydrogen) atoms. The highest BCUT2D eigenvalue weighted by atomic mass is 79.9. The van der Waals surface area contributed by atoms with Crippen molar-refractivity contribution >= 4 is 15.9 Å². The Labute approximate surface area is 125 Å². The quantitative estimate of drug-likeness (QED) is 0.666. The van der Waals surface area contributed by atoms with Gasteiger partial charge in [-0.2, -0.15) is 0 Å². The molecule has 0 fully saturated rings. The maximum Gasteiger partial charge on any atom is 0.137 e. The maximum absolute atomic E-state index is 13.3. The van der Waals surface area contributed by atoms with Crippen LogP contribution in [0.2, 0.25) is 0 Å². The summed E-state index contributed by atoms with van der Waals surface area (Å²) in [6.45, 7) is 8.80. The van der Waals surface area contributed by atoms with Gasteiger partial charge in [-0.15, -0.1) is 0 Å². The van der Waals surface area contributed by atoms with E-state index in [1.165, 1.54) is 18.4 Å². The molecule has 0 amide bonds. The second-order valence-corrected chi connectivity index (χ2v) is 6.52. The number of rotatable bonds is 8. The van der Waals surface area contributed by atoms with Gasteiger partial charge in [0.05, 0.1) is 4.47 Å². The Hall–Kier alpha value is -0.410. The zero-order valence-electron chi connectivity index (χ0n) is 12.2. The van der Waals surface area contributed by atoms with Crippen LogP contribution in [0.25, 0.3) is 0 Å². The zero-order valence-corrected chi connectivity index (χ0v) is 13.8. The topological polar surface area (TPSA) is 12.0 Å². The van der Waals surface area contributed by atoms with Crippen molar-refractivity contribution in [1.29, 1.82) is 0 Å². The van der Waals surface area contributed by atoms with Gasteiger partial charge < -0.3 is 5.32 Å². The molecule has 0 spiro atoms. The van der Waals surface area contributed by atoms with Crippen LogP contribution in [0, 0.1) is 11.2 Å². The second-order valence-electron chi connectivity index (χ2n) is 5.66. The van der Waals surface area contributed by atoms with Gasteiger partial charge in [0, 0.05) is 6.54 Å². The van der Waals surface area contributed by atoms with E-state index in [-0.39, 0.29) is 11.2 Å². The third-order valence-electron chi connectivity index (χ3n) is 3.45. The van der Waals surface area contributed by atoms with E-state index in [0.717, 1.165) is 25.9 Å². The summed E-state index contributed by atoms with van der Waals surface area (Å²) < 4.78 is 13.8. The average Bonchev–Trinajstić information content (AvgIpc) is 2.34. The molecule has 1 unspecified atom stereocenters. The Balaban J connectivity index is 2.72. The summed E-state index contributed by atoms with van der Waals surface area (Å²) in [7, 11) is 0. The van der Waals surface area contributed by atoms with Crippen molar-refractivity contribution in [3.05, 3.63) is 34.1 Å². The Morgan fingerprint density at radius 1 is 1.26 bits per heavy atom. The normalized spacial score (nSPS) is 14.4. The van der Waals surface area contributed by atoms with Gasteiger partial charge in [-0.05, 0) is 64.8 Å². The highest BCUT2D eigenvalue weighted by molar-refractivity contribution is 9.10. The number of hydrogen-bond donors (Lipinski definition) is 1. The summed E-state index contributed by atoms with van der Waals surface area (Å²) >= 11 is 3.27. The molecule has 0 aliphatic heterocycles. The molecule has 0 saturated heterocycles. The van der Waals surface area contributed by atoms with E-state index in [0.29, 0.717) is 4.47 Å². The molecule has 0 saturated carbocycles. The van der Waals surface area contributed by atoms with E-state index in [9.17, 15) is 4.39 Å². The fourth-order valence-corrected chi connectivity index (χ4v) is 2.98. The molecule has 1 atom stereocenters. The van der Waals surface area contributed by atoms with Crippen LogP contribution in [-0.4, -0.2) is 13.1 Å². The minimum atomic E-state index is -0.190. The summed E-state index contributed by atoms with van der Waals surface area (Å²) in [5.74, 6) is -0.190. The fraction of sp³-hybridized carbons (Fsp3) is 0.625. The van der Waals surface area contributed by atoms with Crippen LogP contribution >= 0.6 is 15.9 Å². The van der Waals surface area contributed by atoms with Gasteiger partial charge >= 0.3 is 0 Å². The molecule has 0 aromatic heterocycles. The third kappa shape index (κ3) is 5.62. The van der Waals surface area contributed by atoms with Crippen molar-refractivity contribution in [1.82, 2.24) is 5.32 Å². The molecular formula is C16H25BrFN. The Kier molecular flexibility index (Phi) is 7.01. The first-order chi connectivity index (χ1) is 9.00. The monoisotopic (exact) mass is 329 g/mol. The zero-order chi connectivity index (χ0) is 14.3. The number of nitrogens with one attached hydrogen (secondary N) is 1. The lowest BCUT2D eigenvalue weighted by Gasteiger charge is -2.30. The Bertz CT molecular complexity index is 394. The molecule has 0 aliphatic rings. The number of benzene rings is 1. The average molecular weight is 330 g/mol. The first kappa shape index (κ1) is 16.6. The van der Waals surface area contributed by atoms with E-state index in [1.54, 1.807) is 6.07 Å². The van der Waals surface area contributed by atoms with Gasteiger partial charge in [0.1, 0.15) is 5.82 Å². The lowest BCUT2D eigenvalue weighted by Crippen LogP contribution is -2.34. The van der Waals surface area contributed by atoms with Gasteiger partial charge in [0.15, 0.2) is 0 Å². The highest BCUT2D eigenvalue weighted by Crippen LogP contribution is 2.29. The van der Waals surface area contributed by atoms with Crippen molar-refractivity contribution in [2.45, 2.75) is 46.5 Å². The molecule has 0 aliphatic carbocycles. The Morgan fingerprint density at radius 3 is 2.58 bits per heavy atom. The predicted octanol–water partition coefficient (Wildman–Crippen LogP) is 4.94. The standard InChI is InChI=1S/C16H25BrFN/c1-4-8-16(3,12-19-9-5-2)11-13-6-7-15(18)14(17)10-13/h6-7,10,19H,4-5,8-9,11-12H2,1-3H3. The number of hydrogen-bond acceptors (Lipinski definition) is 1. The van der Waals surface area contributed by atoms with Gasteiger partial charge in [-0.3, -0.25) is 0 Å². The summed E-state index contributed by atoms with van der Waals surface area (Å²) in [5, 5.41) is 3.52. The van der Waals surface area contributed by atoms with Crippen molar-refractivity contribution in [2.24, 2.45) is 5.41 Å². The molecule has 1 aromatic rings. The SMILES string of the molecule is CCCNCC(C)(CCC)Cc1ccc(F)c(Br)c1. The lowest BCUT2D eigenvalue weighted by atomic mass is 9.79. The summed E-state index contributed by atoms with van der Waals surface area (Å²) in [5.41, 5.74) is 1.43. The highest BCUT2D eigenvalue weighted by Gasteiger charge is 2.23. The summed E-state index contributed by atoms with van der Waals surface area (Å²) in [6, 6.07) is 5.35. The first-order valence-corrected chi connectivity index (χ1v) is 7.94. The predicted molar refractivity (Wildman–Crippen MR) is 84.0 cm³/mol. The minimum Gasteiger partial charge on any atom is -0.316 e. The van der Waals surface area contributed by atoms with Crippen LogP contribution in [0.15, 0.2) is 22.7 Å². The molecule has 108 valence electrons. The van der Waals surface area contributed by atoms with Gasteiger partial charge in [-0.1, -0.05) is 33.3 Å². The van der Waals surface area contributed by atoms with Crippen molar-refractivity contribution < 1.29 is 4.39 Å². The number of halogens is 2. The minimum absolute atomic E-state index is 0.190. The van der Waals surface area contributed by atoms with Gasteiger partial charge in [-0.25, -0.2) is 4.39 Å². The largest absolute Gasteiger partial charge is 0.316 e. The van der Waals surface area contributed by atoms with Crippen LogP contribution in [0.5, 0.6) is 0 Å². The van der Waals surface area contributed by atoms with Crippen LogP contribution in [0.3, 0.4) is 0 Å². The second kappa shape index (κ2) is 8.01. The van der Waals surface area contributed by atoms with Crippen LogP contribution < -0.4 is 5.32 Å². The van der Waals surface area contributed by atoms with E-state index < -0.39 is 0 Å². The van der Waals surface area contributed by atoms with Crippen molar-refractivity contribution in [2.75, 3.05) is 13.1 Å². The molecule has 0 heterocycles. The summed E-state index contributed by atoms with van der Waals surface area (Å²) in [4.78, 5) is 0. The van der Waals surface area contributed by atoms with E-state index in [2.05, 4.69) is 42.0 Å². The third-order valence-corrected chi connectivity index (χ3v) is 4.05. The maximum atomic E-state index is 13.3.